The quantitative estimate of drug-likeness (QED) is 0.804. The summed E-state index contributed by atoms with van der Waals surface area (Å²) >= 11 is 1.50. The molecular formula is C11H9O2S2. The highest BCUT2D eigenvalue weighted by Gasteiger charge is 2.06. The molecule has 0 amide bonds. The molecule has 0 atom stereocenters. The Hall–Kier alpha value is -1.13. The minimum Gasteiger partial charge on any atom is -0.224 e. The summed E-state index contributed by atoms with van der Waals surface area (Å²) in [5.74, 6) is 0. The molecule has 4 heteroatoms. The Morgan fingerprint density at radius 2 is 1.80 bits per heavy atom. The molecule has 0 spiro atoms. The molecule has 0 unspecified atom stereocenters. The van der Waals surface area contributed by atoms with Crippen LogP contribution in [0.3, 0.4) is 0 Å². The molecule has 0 saturated heterocycles. The topological polar surface area (TPSA) is 34.1 Å². The summed E-state index contributed by atoms with van der Waals surface area (Å²) < 4.78 is 22.5. The average Bonchev–Trinajstić information content (AvgIpc) is 2.69. The van der Waals surface area contributed by atoms with Crippen LogP contribution >= 0.6 is 11.3 Å². The summed E-state index contributed by atoms with van der Waals surface area (Å²) in [5.41, 5.74) is 2.08. The predicted molar refractivity (Wildman–Crippen MR) is 61.7 cm³/mol. The van der Waals surface area contributed by atoms with Gasteiger partial charge in [-0.05, 0) is 34.7 Å². The lowest BCUT2D eigenvalue weighted by Crippen LogP contribution is -1.95. The van der Waals surface area contributed by atoms with E-state index in [1.165, 1.54) is 17.6 Å². The molecule has 0 bridgehead atoms. The maximum Gasteiger partial charge on any atom is 0.175 e. The van der Waals surface area contributed by atoms with Gasteiger partial charge >= 0.3 is 0 Å². The van der Waals surface area contributed by atoms with E-state index in [-0.39, 0.29) is 0 Å². The largest absolute Gasteiger partial charge is 0.224 e. The number of benzene rings is 1. The predicted octanol–water partition coefficient (Wildman–Crippen LogP) is 2.62. The summed E-state index contributed by atoms with van der Waals surface area (Å²) in [6.45, 7) is 0. The third kappa shape index (κ3) is 2.27. The summed E-state index contributed by atoms with van der Waals surface area (Å²) in [7, 11) is -3.09. The minimum atomic E-state index is -3.09. The Morgan fingerprint density at radius 1 is 1.13 bits per heavy atom. The fourth-order valence-electron chi connectivity index (χ4n) is 1.27. The van der Waals surface area contributed by atoms with Gasteiger partial charge in [0.15, 0.2) is 9.84 Å². The van der Waals surface area contributed by atoms with Crippen molar-refractivity contribution in [3.63, 3.8) is 0 Å². The van der Waals surface area contributed by atoms with Crippen LogP contribution in [0.1, 0.15) is 0 Å². The van der Waals surface area contributed by atoms with Crippen molar-refractivity contribution in [2.45, 2.75) is 4.90 Å². The average molecular weight is 237 g/mol. The van der Waals surface area contributed by atoms with E-state index < -0.39 is 9.84 Å². The van der Waals surface area contributed by atoms with Crippen molar-refractivity contribution in [3.05, 3.63) is 41.1 Å². The Balaban J connectivity index is 2.42. The van der Waals surface area contributed by atoms with Gasteiger partial charge in [0.05, 0.1) is 4.90 Å². The zero-order chi connectivity index (χ0) is 10.9. The van der Waals surface area contributed by atoms with E-state index in [9.17, 15) is 8.42 Å². The van der Waals surface area contributed by atoms with E-state index in [0.29, 0.717) is 4.90 Å². The van der Waals surface area contributed by atoms with Crippen LogP contribution < -0.4 is 0 Å². The van der Waals surface area contributed by atoms with Gasteiger partial charge in [0.2, 0.25) is 0 Å². The van der Waals surface area contributed by atoms with Crippen LogP contribution in [0.4, 0.5) is 0 Å². The van der Waals surface area contributed by atoms with Gasteiger partial charge in [-0.2, -0.15) is 0 Å². The molecule has 2 nitrogen and oxygen atoms in total. The molecule has 0 aliphatic carbocycles. The molecule has 2 rings (SSSR count). The van der Waals surface area contributed by atoms with Gasteiger partial charge in [-0.3, -0.25) is 0 Å². The lowest BCUT2D eigenvalue weighted by Gasteiger charge is -2.00. The third-order valence-corrected chi connectivity index (χ3v) is 3.84. The summed E-state index contributed by atoms with van der Waals surface area (Å²) in [6, 6.07) is 8.77. The summed E-state index contributed by atoms with van der Waals surface area (Å²) in [4.78, 5) is 0.352. The fourth-order valence-corrected chi connectivity index (χ4v) is 2.50. The van der Waals surface area contributed by atoms with Crippen molar-refractivity contribution in [3.8, 4) is 11.1 Å². The van der Waals surface area contributed by atoms with Crippen LogP contribution in [0.2, 0.25) is 0 Å². The minimum absolute atomic E-state index is 0.352. The van der Waals surface area contributed by atoms with Crippen molar-refractivity contribution < 1.29 is 8.42 Å². The number of sulfone groups is 1. The van der Waals surface area contributed by atoms with Crippen molar-refractivity contribution in [2.24, 2.45) is 0 Å². The zero-order valence-corrected chi connectivity index (χ0v) is 9.73. The lowest BCUT2D eigenvalue weighted by molar-refractivity contribution is 0.602. The summed E-state index contributed by atoms with van der Waals surface area (Å²) in [5, 5.41) is 4.98. The first-order valence-electron chi connectivity index (χ1n) is 4.32. The Morgan fingerprint density at radius 3 is 2.27 bits per heavy atom. The normalized spacial score (nSPS) is 11.5. The van der Waals surface area contributed by atoms with E-state index in [2.05, 4.69) is 5.38 Å². The van der Waals surface area contributed by atoms with E-state index in [1.807, 2.05) is 23.6 Å². The molecule has 15 heavy (non-hydrogen) atoms. The fraction of sp³-hybridized carbons (Fsp3) is 0.0909. The molecule has 77 valence electrons. The SMILES string of the molecule is CS(=O)(=O)c1ccc(-c2c[c]sc2)cc1. The Labute approximate surface area is 93.1 Å². The molecule has 1 aromatic carbocycles. The second-order valence-corrected chi connectivity index (χ2v) is 5.97. The monoisotopic (exact) mass is 237 g/mol. The van der Waals surface area contributed by atoms with Crippen LogP contribution in [0, 0.1) is 5.38 Å². The van der Waals surface area contributed by atoms with Crippen molar-refractivity contribution in [1.29, 1.82) is 0 Å². The van der Waals surface area contributed by atoms with Crippen LogP contribution in [-0.2, 0) is 9.84 Å². The maximum atomic E-state index is 11.2. The highest BCUT2D eigenvalue weighted by molar-refractivity contribution is 7.90. The number of rotatable bonds is 2. The van der Waals surface area contributed by atoms with Gasteiger partial charge < -0.3 is 0 Å². The van der Waals surface area contributed by atoms with Gasteiger partial charge in [-0.25, -0.2) is 8.42 Å². The second-order valence-electron chi connectivity index (χ2n) is 3.25. The van der Waals surface area contributed by atoms with Gasteiger partial charge in [-0.1, -0.05) is 12.1 Å². The first-order chi connectivity index (χ1) is 7.07. The molecular weight excluding hydrogens is 228 g/mol. The molecule has 0 aliphatic heterocycles. The maximum absolute atomic E-state index is 11.2. The van der Waals surface area contributed by atoms with E-state index in [0.717, 1.165) is 11.1 Å². The smallest absolute Gasteiger partial charge is 0.175 e. The summed E-state index contributed by atoms with van der Waals surface area (Å²) in [6.07, 6.45) is 1.21. The zero-order valence-electron chi connectivity index (χ0n) is 8.10. The highest BCUT2D eigenvalue weighted by atomic mass is 32.2. The number of thiophene rings is 1. The van der Waals surface area contributed by atoms with Crippen LogP contribution in [0.5, 0.6) is 0 Å². The van der Waals surface area contributed by atoms with Crippen LogP contribution in [-0.4, -0.2) is 14.7 Å². The van der Waals surface area contributed by atoms with Gasteiger partial charge in [0.25, 0.3) is 0 Å². The van der Waals surface area contributed by atoms with Crippen molar-refractivity contribution >= 4 is 21.2 Å². The van der Waals surface area contributed by atoms with E-state index in [1.54, 1.807) is 12.1 Å². The third-order valence-electron chi connectivity index (χ3n) is 2.08. The molecule has 0 aliphatic rings. The lowest BCUT2D eigenvalue weighted by atomic mass is 10.1. The first-order valence-corrected chi connectivity index (χ1v) is 7.09. The molecule has 0 fully saturated rings. The van der Waals surface area contributed by atoms with Gasteiger partial charge in [0.1, 0.15) is 0 Å². The highest BCUT2D eigenvalue weighted by Crippen LogP contribution is 2.22. The van der Waals surface area contributed by atoms with E-state index in [4.69, 9.17) is 0 Å². The molecule has 1 heterocycles. The molecule has 0 saturated carbocycles. The Kier molecular flexibility index (Phi) is 2.63. The first kappa shape index (κ1) is 10.4. The Bertz CT molecular complexity index is 537. The number of hydrogen-bond donors (Lipinski definition) is 0. The van der Waals surface area contributed by atoms with Crippen LogP contribution in [0.15, 0.2) is 40.6 Å². The molecule has 1 aromatic heterocycles. The molecule has 2 aromatic rings. The molecule has 1 radical (unpaired) electrons. The van der Waals surface area contributed by atoms with Crippen molar-refractivity contribution in [1.82, 2.24) is 0 Å². The van der Waals surface area contributed by atoms with E-state index >= 15 is 0 Å². The molecule has 0 N–H and O–H groups in total. The number of hydrogen-bond acceptors (Lipinski definition) is 3. The second kappa shape index (κ2) is 3.79. The standard InChI is InChI=1S/C11H9O2S2/c1-15(12,13)11-4-2-9(3-5-11)10-6-7-14-8-10/h2-6,8H,1H3. The van der Waals surface area contributed by atoms with Gasteiger partial charge in [-0.15, -0.1) is 11.3 Å². The van der Waals surface area contributed by atoms with Crippen molar-refractivity contribution in [2.75, 3.05) is 6.26 Å². The van der Waals surface area contributed by atoms with Gasteiger partial charge in [0, 0.05) is 11.6 Å². The van der Waals surface area contributed by atoms with Crippen LogP contribution in [0.25, 0.3) is 11.1 Å².